The van der Waals surface area contributed by atoms with Crippen LogP contribution in [0.25, 0.3) is 0 Å². The number of benzene rings is 1. The lowest BCUT2D eigenvalue weighted by molar-refractivity contribution is -0.126. The Labute approximate surface area is 162 Å². The summed E-state index contributed by atoms with van der Waals surface area (Å²) < 4.78 is 13.6. The molecule has 146 valence electrons. The van der Waals surface area contributed by atoms with Crippen LogP contribution in [-0.4, -0.2) is 43.5 Å². The fourth-order valence-corrected chi connectivity index (χ4v) is 3.98. The lowest BCUT2D eigenvalue weighted by Gasteiger charge is -2.36. The molecule has 1 aromatic carbocycles. The van der Waals surface area contributed by atoms with E-state index in [0.29, 0.717) is 17.5 Å². The van der Waals surface area contributed by atoms with Gasteiger partial charge in [-0.15, -0.1) is 12.4 Å². The van der Waals surface area contributed by atoms with Gasteiger partial charge in [-0.1, -0.05) is 19.1 Å². The largest absolute Gasteiger partial charge is 0.352 e. The maximum atomic E-state index is 13.6. The van der Waals surface area contributed by atoms with Crippen molar-refractivity contribution in [2.75, 3.05) is 32.7 Å². The van der Waals surface area contributed by atoms with Crippen LogP contribution in [0, 0.1) is 24.1 Å². The Morgan fingerprint density at radius 1 is 1.38 bits per heavy atom. The maximum absolute atomic E-state index is 13.6. The zero-order valence-electron chi connectivity index (χ0n) is 15.8. The van der Waals surface area contributed by atoms with E-state index < -0.39 is 0 Å². The van der Waals surface area contributed by atoms with E-state index in [1.807, 2.05) is 6.07 Å². The van der Waals surface area contributed by atoms with Gasteiger partial charge in [-0.25, -0.2) is 4.39 Å². The van der Waals surface area contributed by atoms with E-state index in [1.165, 1.54) is 12.5 Å². The van der Waals surface area contributed by atoms with Gasteiger partial charge in [0.1, 0.15) is 5.82 Å². The number of likely N-dealkylation sites (tertiary alicyclic amines) is 1. The Hall–Kier alpha value is -1.17. The molecule has 1 atom stereocenters. The van der Waals surface area contributed by atoms with E-state index in [1.54, 1.807) is 13.0 Å². The summed E-state index contributed by atoms with van der Waals surface area (Å²) in [6.45, 7) is 9.83. The molecule has 0 spiro atoms. The predicted octanol–water partition coefficient (Wildman–Crippen LogP) is 2.88. The summed E-state index contributed by atoms with van der Waals surface area (Å²) in [5, 5.41) is 6.43. The highest BCUT2D eigenvalue weighted by molar-refractivity contribution is 5.85. The van der Waals surface area contributed by atoms with Crippen molar-refractivity contribution in [2.45, 2.75) is 39.7 Å². The molecule has 2 fully saturated rings. The van der Waals surface area contributed by atoms with Crippen LogP contribution < -0.4 is 10.6 Å². The number of amides is 1. The lowest BCUT2D eigenvalue weighted by atomic mass is 9.87. The van der Waals surface area contributed by atoms with Gasteiger partial charge in [0.05, 0.1) is 0 Å². The second-order valence-corrected chi connectivity index (χ2v) is 8.09. The van der Waals surface area contributed by atoms with Gasteiger partial charge >= 0.3 is 0 Å². The van der Waals surface area contributed by atoms with Crippen molar-refractivity contribution >= 4 is 18.3 Å². The SMILES string of the molecule is Cc1ccc(CNC(=O)C2CCN(CC3(C)CCNC3)CC2)cc1F.Cl. The van der Waals surface area contributed by atoms with Crippen molar-refractivity contribution in [1.82, 2.24) is 15.5 Å². The molecule has 0 aliphatic carbocycles. The summed E-state index contributed by atoms with van der Waals surface area (Å²) >= 11 is 0. The summed E-state index contributed by atoms with van der Waals surface area (Å²) in [6, 6.07) is 5.14. The quantitative estimate of drug-likeness (QED) is 0.821. The third-order valence-corrected chi connectivity index (χ3v) is 5.72. The van der Waals surface area contributed by atoms with Gasteiger partial charge in [0.2, 0.25) is 5.91 Å². The first-order valence-electron chi connectivity index (χ1n) is 9.41. The van der Waals surface area contributed by atoms with E-state index in [-0.39, 0.29) is 30.0 Å². The molecular weight excluding hydrogens is 353 g/mol. The van der Waals surface area contributed by atoms with Crippen molar-refractivity contribution in [1.29, 1.82) is 0 Å². The van der Waals surface area contributed by atoms with E-state index in [9.17, 15) is 9.18 Å². The minimum atomic E-state index is -0.213. The van der Waals surface area contributed by atoms with Crippen LogP contribution in [0.15, 0.2) is 18.2 Å². The van der Waals surface area contributed by atoms with Crippen LogP contribution in [-0.2, 0) is 11.3 Å². The van der Waals surface area contributed by atoms with Gasteiger partial charge in [-0.3, -0.25) is 4.79 Å². The molecule has 0 bridgehead atoms. The molecule has 2 aliphatic heterocycles. The minimum absolute atomic E-state index is 0. The third kappa shape index (κ3) is 5.41. The summed E-state index contributed by atoms with van der Waals surface area (Å²) in [7, 11) is 0. The average Bonchev–Trinajstić information content (AvgIpc) is 3.02. The van der Waals surface area contributed by atoms with Crippen molar-refractivity contribution in [2.24, 2.45) is 11.3 Å². The predicted molar refractivity (Wildman–Crippen MR) is 105 cm³/mol. The Balaban J connectivity index is 0.00000243. The van der Waals surface area contributed by atoms with Gasteiger partial charge in [0.25, 0.3) is 0 Å². The average molecular weight is 384 g/mol. The fourth-order valence-electron chi connectivity index (χ4n) is 3.98. The number of piperidine rings is 1. The molecule has 3 rings (SSSR count). The molecule has 0 saturated carbocycles. The highest BCUT2D eigenvalue weighted by Crippen LogP contribution is 2.28. The van der Waals surface area contributed by atoms with Crippen LogP contribution in [0.4, 0.5) is 4.39 Å². The molecular formula is C20H31ClFN3O. The topological polar surface area (TPSA) is 44.4 Å². The first-order chi connectivity index (χ1) is 12.0. The van der Waals surface area contributed by atoms with E-state index in [2.05, 4.69) is 22.5 Å². The molecule has 2 aliphatic rings. The van der Waals surface area contributed by atoms with Crippen LogP contribution in [0.5, 0.6) is 0 Å². The second kappa shape index (κ2) is 9.16. The molecule has 2 N–H and O–H groups in total. The van der Waals surface area contributed by atoms with Crippen LogP contribution in [0.3, 0.4) is 0 Å². The van der Waals surface area contributed by atoms with Crippen LogP contribution in [0.2, 0.25) is 0 Å². The van der Waals surface area contributed by atoms with Crippen molar-refractivity contribution in [3.63, 3.8) is 0 Å². The minimum Gasteiger partial charge on any atom is -0.352 e. The van der Waals surface area contributed by atoms with E-state index in [4.69, 9.17) is 0 Å². The zero-order chi connectivity index (χ0) is 17.9. The summed E-state index contributed by atoms with van der Waals surface area (Å²) in [5.41, 5.74) is 1.83. The number of hydrogen-bond donors (Lipinski definition) is 2. The summed E-state index contributed by atoms with van der Waals surface area (Å²) in [6.07, 6.45) is 3.07. The number of nitrogens with one attached hydrogen (secondary N) is 2. The molecule has 6 heteroatoms. The Morgan fingerprint density at radius 2 is 2.12 bits per heavy atom. The van der Waals surface area contributed by atoms with Gasteiger partial charge in [-0.05, 0) is 68.4 Å². The monoisotopic (exact) mass is 383 g/mol. The highest BCUT2D eigenvalue weighted by Gasteiger charge is 2.33. The Kier molecular flexibility index (Phi) is 7.44. The normalized spacial score (nSPS) is 24.3. The highest BCUT2D eigenvalue weighted by atomic mass is 35.5. The summed E-state index contributed by atoms with van der Waals surface area (Å²) in [5.74, 6) is -0.0228. The van der Waals surface area contributed by atoms with Crippen LogP contribution in [0.1, 0.15) is 37.3 Å². The van der Waals surface area contributed by atoms with E-state index in [0.717, 1.165) is 51.1 Å². The standard InChI is InChI=1S/C20H30FN3O.ClH/c1-15-3-4-16(11-18(15)21)12-23-19(25)17-5-9-24(10-6-17)14-20(2)7-8-22-13-20;/h3-4,11,17,22H,5-10,12-14H2,1-2H3,(H,23,25);1H. The number of hydrogen-bond acceptors (Lipinski definition) is 3. The van der Waals surface area contributed by atoms with Gasteiger partial charge in [0, 0.05) is 25.6 Å². The number of halogens is 2. The number of rotatable bonds is 5. The van der Waals surface area contributed by atoms with Gasteiger partial charge in [-0.2, -0.15) is 0 Å². The molecule has 0 aromatic heterocycles. The van der Waals surface area contributed by atoms with Crippen molar-refractivity contribution in [3.05, 3.63) is 35.1 Å². The molecule has 1 amide bonds. The Morgan fingerprint density at radius 3 is 2.73 bits per heavy atom. The molecule has 4 nitrogen and oxygen atoms in total. The Bertz CT molecular complexity index is 611. The van der Waals surface area contributed by atoms with Gasteiger partial charge in [0.15, 0.2) is 0 Å². The van der Waals surface area contributed by atoms with Gasteiger partial charge < -0.3 is 15.5 Å². The molecule has 1 unspecified atom stereocenters. The maximum Gasteiger partial charge on any atom is 0.223 e. The first-order valence-corrected chi connectivity index (χ1v) is 9.41. The smallest absolute Gasteiger partial charge is 0.223 e. The van der Waals surface area contributed by atoms with Crippen molar-refractivity contribution < 1.29 is 9.18 Å². The number of carbonyl (C=O) groups is 1. The second-order valence-electron chi connectivity index (χ2n) is 8.09. The molecule has 0 radical (unpaired) electrons. The summed E-state index contributed by atoms with van der Waals surface area (Å²) in [4.78, 5) is 14.9. The number of carbonyl (C=O) groups excluding carboxylic acids is 1. The molecule has 1 aromatic rings. The van der Waals surface area contributed by atoms with E-state index >= 15 is 0 Å². The number of aryl methyl sites for hydroxylation is 1. The first kappa shape index (κ1) is 21.1. The van der Waals surface area contributed by atoms with Crippen LogP contribution >= 0.6 is 12.4 Å². The molecule has 2 heterocycles. The molecule has 2 saturated heterocycles. The van der Waals surface area contributed by atoms with Crippen molar-refractivity contribution in [3.8, 4) is 0 Å². The number of nitrogens with zero attached hydrogens (tertiary/aromatic N) is 1. The fraction of sp³-hybridized carbons (Fsp3) is 0.650. The lowest BCUT2D eigenvalue weighted by Crippen LogP contribution is -2.44. The molecule has 26 heavy (non-hydrogen) atoms. The third-order valence-electron chi connectivity index (χ3n) is 5.72. The zero-order valence-corrected chi connectivity index (χ0v) is 16.6.